The second-order valence-corrected chi connectivity index (χ2v) is 6.07. The Morgan fingerprint density at radius 2 is 1.87 bits per heavy atom. The molecule has 0 aromatic carbocycles. The van der Waals surface area contributed by atoms with Gasteiger partial charge in [-0.3, -0.25) is 14.0 Å². The molecule has 0 spiro atoms. The second-order valence-electron chi connectivity index (χ2n) is 5.63. The van der Waals surface area contributed by atoms with Gasteiger partial charge in [0.2, 0.25) is 5.91 Å². The first-order valence-corrected chi connectivity index (χ1v) is 8.10. The van der Waals surface area contributed by atoms with Gasteiger partial charge in [0.15, 0.2) is 0 Å². The summed E-state index contributed by atoms with van der Waals surface area (Å²) in [5.74, 6) is 0.00988. The zero-order valence-electron chi connectivity index (χ0n) is 13.3. The van der Waals surface area contributed by atoms with Crippen LogP contribution in [-0.2, 0) is 11.2 Å². The molecule has 2 aromatic heterocycles. The van der Waals surface area contributed by atoms with E-state index >= 15 is 0 Å². The van der Waals surface area contributed by atoms with E-state index in [-0.39, 0.29) is 11.8 Å². The third kappa shape index (κ3) is 2.91. The highest BCUT2D eigenvalue weighted by Crippen LogP contribution is 2.19. The first kappa shape index (κ1) is 15.8. The minimum Gasteiger partial charge on any atom is -0.339 e. The van der Waals surface area contributed by atoms with E-state index in [2.05, 4.69) is 4.98 Å². The van der Waals surface area contributed by atoms with Crippen molar-refractivity contribution in [1.82, 2.24) is 19.2 Å². The predicted molar refractivity (Wildman–Crippen MR) is 87.7 cm³/mol. The van der Waals surface area contributed by atoms with Gasteiger partial charge in [0.1, 0.15) is 11.3 Å². The molecule has 2 aromatic rings. The van der Waals surface area contributed by atoms with Crippen LogP contribution in [-0.4, -0.2) is 57.2 Å². The van der Waals surface area contributed by atoms with Crippen molar-refractivity contribution in [2.75, 3.05) is 26.2 Å². The van der Waals surface area contributed by atoms with Crippen LogP contribution in [0, 0.1) is 0 Å². The van der Waals surface area contributed by atoms with Crippen LogP contribution < -0.4 is 0 Å². The highest BCUT2D eigenvalue weighted by atomic mass is 35.5. The highest BCUT2D eigenvalue weighted by molar-refractivity contribution is 6.30. The third-order valence-electron chi connectivity index (χ3n) is 4.21. The van der Waals surface area contributed by atoms with Crippen molar-refractivity contribution in [3.63, 3.8) is 0 Å². The molecule has 1 fully saturated rings. The fourth-order valence-electron chi connectivity index (χ4n) is 2.92. The van der Waals surface area contributed by atoms with Crippen LogP contribution in [0.3, 0.4) is 0 Å². The topological polar surface area (TPSA) is 57.9 Å². The van der Waals surface area contributed by atoms with Gasteiger partial charge in [-0.1, -0.05) is 18.5 Å². The average Bonchev–Trinajstić information content (AvgIpc) is 2.91. The fourth-order valence-corrected chi connectivity index (χ4v) is 3.07. The molecule has 122 valence electrons. The van der Waals surface area contributed by atoms with Crippen LogP contribution in [0.2, 0.25) is 5.02 Å². The van der Waals surface area contributed by atoms with Gasteiger partial charge in [0, 0.05) is 50.4 Å². The summed E-state index contributed by atoms with van der Waals surface area (Å²) in [6.07, 6.45) is 2.46. The Morgan fingerprint density at radius 3 is 2.48 bits per heavy atom. The van der Waals surface area contributed by atoms with Gasteiger partial charge in [-0.2, -0.15) is 0 Å². The number of hydrogen-bond donors (Lipinski definition) is 0. The molecule has 0 aliphatic carbocycles. The van der Waals surface area contributed by atoms with Gasteiger partial charge in [-0.15, -0.1) is 0 Å². The first-order valence-electron chi connectivity index (χ1n) is 7.72. The molecule has 3 heterocycles. The fraction of sp³-hybridized carbons (Fsp3) is 0.438. The number of nitrogens with zero attached hydrogens (tertiary/aromatic N) is 4. The summed E-state index contributed by atoms with van der Waals surface area (Å²) in [5, 5.41) is 0.597. The Bertz CT molecular complexity index is 763. The molecular weight excluding hydrogens is 316 g/mol. The molecule has 0 N–H and O–H groups in total. The Labute approximate surface area is 139 Å². The van der Waals surface area contributed by atoms with Gasteiger partial charge >= 0.3 is 0 Å². The molecule has 1 aliphatic rings. The van der Waals surface area contributed by atoms with Gasteiger partial charge in [0.25, 0.3) is 5.91 Å². The molecule has 3 rings (SSSR count). The molecule has 0 unspecified atom stereocenters. The SMILES string of the molecule is CCc1nc2cc(Cl)ccn2c1C(=O)N1CCN(C(C)=O)CC1. The van der Waals surface area contributed by atoms with Crippen molar-refractivity contribution in [3.8, 4) is 0 Å². The molecule has 1 saturated heterocycles. The number of hydrogen-bond acceptors (Lipinski definition) is 3. The first-order chi connectivity index (χ1) is 11.0. The molecule has 2 amide bonds. The Morgan fingerprint density at radius 1 is 1.22 bits per heavy atom. The molecule has 6 nitrogen and oxygen atoms in total. The van der Waals surface area contributed by atoms with Gasteiger partial charge in [-0.25, -0.2) is 4.98 Å². The number of imidazole rings is 1. The summed E-state index contributed by atoms with van der Waals surface area (Å²) in [4.78, 5) is 32.4. The van der Waals surface area contributed by atoms with Crippen LogP contribution in [0.1, 0.15) is 30.0 Å². The van der Waals surface area contributed by atoms with Crippen molar-refractivity contribution in [2.45, 2.75) is 20.3 Å². The van der Waals surface area contributed by atoms with E-state index in [9.17, 15) is 9.59 Å². The number of carbonyl (C=O) groups is 2. The number of halogens is 1. The van der Waals surface area contributed by atoms with E-state index < -0.39 is 0 Å². The van der Waals surface area contributed by atoms with E-state index in [1.54, 1.807) is 39.5 Å². The molecule has 0 bridgehead atoms. The van der Waals surface area contributed by atoms with E-state index in [0.717, 1.165) is 5.69 Å². The van der Waals surface area contributed by atoms with Crippen LogP contribution in [0.25, 0.3) is 5.65 Å². The summed E-state index contributed by atoms with van der Waals surface area (Å²) in [6, 6.07) is 3.51. The van der Waals surface area contributed by atoms with Crippen molar-refractivity contribution < 1.29 is 9.59 Å². The van der Waals surface area contributed by atoms with Crippen LogP contribution >= 0.6 is 11.6 Å². The standard InChI is InChI=1S/C16H19ClN4O2/c1-3-13-15(21-5-4-12(17)10-14(21)18-13)16(23)20-8-6-19(7-9-20)11(2)22/h4-5,10H,3,6-9H2,1-2H3. The zero-order chi connectivity index (χ0) is 16.6. The van der Waals surface area contributed by atoms with Crippen molar-refractivity contribution in [3.05, 3.63) is 34.7 Å². The number of aryl methyl sites for hydroxylation is 1. The monoisotopic (exact) mass is 334 g/mol. The maximum Gasteiger partial charge on any atom is 0.272 e. The minimum absolute atomic E-state index is 0.0418. The third-order valence-corrected chi connectivity index (χ3v) is 4.45. The van der Waals surface area contributed by atoms with Crippen LogP contribution in [0.4, 0.5) is 0 Å². The van der Waals surface area contributed by atoms with Crippen LogP contribution in [0.15, 0.2) is 18.3 Å². The van der Waals surface area contributed by atoms with Gasteiger partial charge in [0.05, 0.1) is 5.69 Å². The van der Waals surface area contributed by atoms with Crippen molar-refractivity contribution in [2.24, 2.45) is 0 Å². The number of aromatic nitrogens is 2. The summed E-state index contributed by atoms with van der Waals surface area (Å²) in [5.41, 5.74) is 2.04. The van der Waals surface area contributed by atoms with Gasteiger partial charge < -0.3 is 9.80 Å². The lowest BCUT2D eigenvalue weighted by molar-refractivity contribution is -0.130. The van der Waals surface area contributed by atoms with E-state index in [0.29, 0.717) is 49.0 Å². The molecule has 0 saturated carbocycles. The smallest absolute Gasteiger partial charge is 0.272 e. The molecule has 0 radical (unpaired) electrons. The lowest BCUT2D eigenvalue weighted by Gasteiger charge is -2.34. The number of rotatable bonds is 2. The Kier molecular flexibility index (Phi) is 4.26. The largest absolute Gasteiger partial charge is 0.339 e. The molecular formula is C16H19ClN4O2. The quantitative estimate of drug-likeness (QED) is 0.842. The second kappa shape index (κ2) is 6.20. The maximum absolute atomic E-state index is 12.9. The average molecular weight is 335 g/mol. The summed E-state index contributed by atoms with van der Waals surface area (Å²) in [6.45, 7) is 5.77. The minimum atomic E-state index is -0.0418. The Balaban J connectivity index is 1.90. The van der Waals surface area contributed by atoms with E-state index in [4.69, 9.17) is 11.6 Å². The van der Waals surface area contributed by atoms with Crippen molar-refractivity contribution in [1.29, 1.82) is 0 Å². The molecule has 0 atom stereocenters. The summed E-state index contributed by atoms with van der Waals surface area (Å²) >= 11 is 6.01. The van der Waals surface area contributed by atoms with Gasteiger partial charge in [-0.05, 0) is 12.5 Å². The maximum atomic E-state index is 12.9. The normalized spacial score (nSPS) is 15.3. The van der Waals surface area contributed by atoms with E-state index in [1.165, 1.54) is 0 Å². The molecule has 1 aliphatic heterocycles. The molecule has 7 heteroatoms. The number of carbonyl (C=O) groups excluding carboxylic acids is 2. The number of amides is 2. The predicted octanol–water partition coefficient (Wildman–Crippen LogP) is 1.85. The lowest BCUT2D eigenvalue weighted by atomic mass is 10.2. The van der Waals surface area contributed by atoms with E-state index in [1.807, 2.05) is 6.92 Å². The van der Waals surface area contributed by atoms with Crippen LogP contribution in [0.5, 0.6) is 0 Å². The Hall–Kier alpha value is -2.08. The lowest BCUT2D eigenvalue weighted by Crippen LogP contribution is -2.50. The number of fused-ring (bicyclic) bond motifs is 1. The van der Waals surface area contributed by atoms with Crippen molar-refractivity contribution >= 4 is 29.1 Å². The molecule has 23 heavy (non-hydrogen) atoms. The highest BCUT2D eigenvalue weighted by Gasteiger charge is 2.27. The number of pyridine rings is 1. The zero-order valence-corrected chi connectivity index (χ0v) is 14.0. The summed E-state index contributed by atoms with van der Waals surface area (Å²) < 4.78 is 1.80. The number of piperazine rings is 1. The summed E-state index contributed by atoms with van der Waals surface area (Å²) in [7, 11) is 0.